The monoisotopic (exact) mass is 334 g/mol. The summed E-state index contributed by atoms with van der Waals surface area (Å²) in [4.78, 5) is 25.9. The Balaban J connectivity index is 1.88. The molecule has 1 saturated heterocycles. The Morgan fingerprint density at radius 1 is 1.21 bits per heavy atom. The molecule has 1 fully saturated rings. The van der Waals surface area contributed by atoms with E-state index in [1.165, 1.54) is 0 Å². The number of alkyl carbamates (subject to hydrolysis) is 1. The number of piperidine rings is 1. The highest BCUT2D eigenvalue weighted by atomic mass is 16.6. The van der Waals surface area contributed by atoms with Crippen LogP contribution in [0.1, 0.15) is 45.6 Å². The maximum atomic E-state index is 12.3. The average Bonchev–Trinajstić information content (AvgIpc) is 2.53. The smallest absolute Gasteiger partial charge is 0.411 e. The minimum Gasteiger partial charge on any atom is -0.445 e. The van der Waals surface area contributed by atoms with E-state index < -0.39 is 24.0 Å². The van der Waals surface area contributed by atoms with Crippen LogP contribution in [0, 0.1) is 0 Å². The van der Waals surface area contributed by atoms with Crippen LogP contribution in [-0.2, 0) is 16.1 Å². The molecule has 1 unspecified atom stereocenters. The van der Waals surface area contributed by atoms with Gasteiger partial charge in [0, 0.05) is 6.54 Å². The highest BCUT2D eigenvalue weighted by molar-refractivity contribution is 5.71. The normalized spacial score (nSPS) is 18.0. The second-order valence-electron chi connectivity index (χ2n) is 6.89. The van der Waals surface area contributed by atoms with Crippen LogP contribution >= 0.6 is 0 Å². The lowest BCUT2D eigenvalue weighted by molar-refractivity contribution is 0.00518. The summed E-state index contributed by atoms with van der Waals surface area (Å²) >= 11 is 0. The molecule has 1 heterocycles. The number of hydrogen-bond acceptors (Lipinski definition) is 4. The van der Waals surface area contributed by atoms with Gasteiger partial charge < -0.3 is 14.8 Å². The van der Waals surface area contributed by atoms with Gasteiger partial charge in [0.05, 0.1) is 0 Å². The van der Waals surface area contributed by atoms with Crippen molar-refractivity contribution in [2.45, 2.75) is 58.4 Å². The van der Waals surface area contributed by atoms with E-state index in [2.05, 4.69) is 5.32 Å². The van der Waals surface area contributed by atoms with Gasteiger partial charge in [-0.25, -0.2) is 9.59 Å². The topological polar surface area (TPSA) is 67.9 Å². The lowest BCUT2D eigenvalue weighted by Gasteiger charge is -2.36. The second-order valence-corrected chi connectivity index (χ2v) is 6.89. The number of hydrogen-bond donors (Lipinski definition) is 1. The predicted molar refractivity (Wildman–Crippen MR) is 90.3 cm³/mol. The van der Waals surface area contributed by atoms with Gasteiger partial charge in [0.1, 0.15) is 18.4 Å². The summed E-state index contributed by atoms with van der Waals surface area (Å²) in [5, 5.41) is 2.77. The summed E-state index contributed by atoms with van der Waals surface area (Å²) < 4.78 is 10.6. The molecule has 0 saturated carbocycles. The molecule has 24 heavy (non-hydrogen) atoms. The number of nitrogens with zero attached hydrogens (tertiary/aromatic N) is 1. The number of rotatable bonds is 3. The molecule has 1 aromatic carbocycles. The molecule has 2 amide bonds. The Morgan fingerprint density at radius 2 is 1.92 bits per heavy atom. The maximum Gasteiger partial charge on any atom is 0.411 e. The average molecular weight is 334 g/mol. The Kier molecular flexibility index (Phi) is 6.06. The fourth-order valence-electron chi connectivity index (χ4n) is 2.52. The van der Waals surface area contributed by atoms with Crippen LogP contribution < -0.4 is 5.32 Å². The molecular formula is C18H26N2O4. The third-order valence-electron chi connectivity index (χ3n) is 3.63. The van der Waals surface area contributed by atoms with E-state index >= 15 is 0 Å². The molecule has 1 aliphatic heterocycles. The summed E-state index contributed by atoms with van der Waals surface area (Å²) in [6, 6.07) is 9.47. The van der Waals surface area contributed by atoms with E-state index in [4.69, 9.17) is 9.47 Å². The number of carbonyl (C=O) groups excluding carboxylic acids is 2. The first-order valence-corrected chi connectivity index (χ1v) is 8.32. The van der Waals surface area contributed by atoms with Crippen molar-refractivity contribution in [1.29, 1.82) is 0 Å². The minimum atomic E-state index is -0.563. The van der Waals surface area contributed by atoms with Gasteiger partial charge in [0.2, 0.25) is 0 Å². The highest BCUT2D eigenvalue weighted by Crippen LogP contribution is 2.19. The molecular weight excluding hydrogens is 308 g/mol. The van der Waals surface area contributed by atoms with Crippen LogP contribution in [0.15, 0.2) is 30.3 Å². The molecule has 6 nitrogen and oxygen atoms in total. The SMILES string of the molecule is CC(C)(C)OC(=O)N1CCCCC1NC(=O)OCc1ccccc1. The molecule has 1 aromatic rings. The summed E-state index contributed by atoms with van der Waals surface area (Å²) in [5.41, 5.74) is 0.354. The van der Waals surface area contributed by atoms with Gasteiger partial charge in [0.15, 0.2) is 0 Å². The second kappa shape index (κ2) is 8.04. The van der Waals surface area contributed by atoms with Crippen molar-refractivity contribution in [3.63, 3.8) is 0 Å². The molecule has 6 heteroatoms. The van der Waals surface area contributed by atoms with Crippen molar-refractivity contribution in [3.8, 4) is 0 Å². The van der Waals surface area contributed by atoms with Crippen LogP contribution in [-0.4, -0.2) is 35.4 Å². The van der Waals surface area contributed by atoms with Crippen LogP contribution in [0.2, 0.25) is 0 Å². The quantitative estimate of drug-likeness (QED) is 0.916. The lowest BCUT2D eigenvalue weighted by Crippen LogP contribution is -2.54. The summed E-state index contributed by atoms with van der Waals surface area (Å²) in [6.07, 6.45) is 1.21. The number of amides is 2. The van der Waals surface area contributed by atoms with Gasteiger partial charge in [-0.3, -0.25) is 4.90 Å². The number of nitrogens with one attached hydrogen (secondary N) is 1. The van der Waals surface area contributed by atoms with Crippen molar-refractivity contribution < 1.29 is 19.1 Å². The first kappa shape index (κ1) is 18.1. The van der Waals surface area contributed by atoms with Crippen LogP contribution in [0.5, 0.6) is 0 Å². The van der Waals surface area contributed by atoms with E-state index in [0.29, 0.717) is 13.0 Å². The largest absolute Gasteiger partial charge is 0.445 e. The van der Waals surface area contributed by atoms with Crippen LogP contribution in [0.3, 0.4) is 0 Å². The van der Waals surface area contributed by atoms with Crippen molar-refractivity contribution >= 4 is 12.2 Å². The summed E-state index contributed by atoms with van der Waals surface area (Å²) in [7, 11) is 0. The van der Waals surface area contributed by atoms with E-state index in [0.717, 1.165) is 18.4 Å². The molecule has 0 aromatic heterocycles. The van der Waals surface area contributed by atoms with Gasteiger partial charge in [-0.2, -0.15) is 0 Å². The number of ether oxygens (including phenoxy) is 2. The van der Waals surface area contributed by atoms with E-state index in [9.17, 15) is 9.59 Å². The molecule has 132 valence electrons. The first-order valence-electron chi connectivity index (χ1n) is 8.32. The standard InChI is InChI=1S/C18H26N2O4/c1-18(2,3)24-17(22)20-12-8-7-11-15(20)19-16(21)23-13-14-9-5-4-6-10-14/h4-6,9-10,15H,7-8,11-13H2,1-3H3,(H,19,21). The molecule has 0 bridgehead atoms. The number of benzene rings is 1. The molecule has 1 atom stereocenters. The predicted octanol–water partition coefficient (Wildman–Crippen LogP) is 3.66. The van der Waals surface area contributed by atoms with Crippen LogP contribution in [0.4, 0.5) is 9.59 Å². The summed E-state index contributed by atoms with van der Waals surface area (Å²) in [5.74, 6) is 0. The van der Waals surface area contributed by atoms with E-state index in [1.54, 1.807) is 4.90 Å². The third-order valence-corrected chi connectivity index (χ3v) is 3.63. The molecule has 1 aliphatic rings. The zero-order chi connectivity index (χ0) is 17.6. The molecule has 1 N–H and O–H groups in total. The fraction of sp³-hybridized carbons (Fsp3) is 0.556. The zero-order valence-corrected chi connectivity index (χ0v) is 14.6. The molecule has 0 spiro atoms. The van der Waals surface area contributed by atoms with E-state index in [-0.39, 0.29) is 6.61 Å². The third kappa shape index (κ3) is 5.76. The molecule has 2 rings (SSSR count). The van der Waals surface area contributed by atoms with Crippen LogP contribution in [0.25, 0.3) is 0 Å². The Bertz CT molecular complexity index is 554. The zero-order valence-electron chi connectivity index (χ0n) is 14.6. The van der Waals surface area contributed by atoms with Gasteiger partial charge >= 0.3 is 12.2 Å². The van der Waals surface area contributed by atoms with Crippen molar-refractivity contribution in [2.75, 3.05) is 6.54 Å². The maximum absolute atomic E-state index is 12.3. The summed E-state index contributed by atoms with van der Waals surface area (Å²) in [6.45, 7) is 6.24. The first-order chi connectivity index (χ1) is 11.3. The fourth-order valence-corrected chi connectivity index (χ4v) is 2.52. The van der Waals surface area contributed by atoms with Gasteiger partial charge in [-0.05, 0) is 45.6 Å². The Morgan fingerprint density at radius 3 is 2.58 bits per heavy atom. The minimum absolute atomic E-state index is 0.200. The van der Waals surface area contributed by atoms with Crippen molar-refractivity contribution in [1.82, 2.24) is 10.2 Å². The van der Waals surface area contributed by atoms with Gasteiger partial charge in [0.25, 0.3) is 0 Å². The Labute approximate surface area is 143 Å². The van der Waals surface area contributed by atoms with E-state index in [1.807, 2.05) is 51.1 Å². The van der Waals surface area contributed by atoms with Gasteiger partial charge in [-0.15, -0.1) is 0 Å². The lowest BCUT2D eigenvalue weighted by atomic mass is 10.1. The number of likely N-dealkylation sites (tertiary alicyclic amines) is 1. The molecule has 0 radical (unpaired) electrons. The van der Waals surface area contributed by atoms with Crippen molar-refractivity contribution in [2.24, 2.45) is 0 Å². The highest BCUT2D eigenvalue weighted by Gasteiger charge is 2.31. The van der Waals surface area contributed by atoms with Gasteiger partial charge in [-0.1, -0.05) is 30.3 Å². The molecule has 0 aliphatic carbocycles. The van der Waals surface area contributed by atoms with Crippen molar-refractivity contribution in [3.05, 3.63) is 35.9 Å². The Hall–Kier alpha value is -2.24. The number of carbonyl (C=O) groups is 2.